The first kappa shape index (κ1) is 15.8. The molecule has 0 radical (unpaired) electrons. The van der Waals surface area contributed by atoms with Crippen LogP contribution in [0.4, 0.5) is 10.1 Å². The average Bonchev–Trinajstić information content (AvgIpc) is 3.02. The van der Waals surface area contributed by atoms with Crippen LogP contribution in [0.1, 0.15) is 17.3 Å². The van der Waals surface area contributed by atoms with Crippen LogP contribution in [0.2, 0.25) is 0 Å². The SMILES string of the molecule is CC(OC(=O)c1ccc2c(c1)OCO2)C(=O)Nc1cccc(F)c1. The first-order valence-corrected chi connectivity index (χ1v) is 7.20. The number of carbonyl (C=O) groups is 2. The van der Waals surface area contributed by atoms with Crippen LogP contribution in [0.5, 0.6) is 11.5 Å². The molecule has 124 valence electrons. The van der Waals surface area contributed by atoms with Crippen LogP contribution < -0.4 is 14.8 Å². The van der Waals surface area contributed by atoms with E-state index in [1.54, 1.807) is 6.07 Å². The van der Waals surface area contributed by atoms with E-state index in [-0.39, 0.29) is 18.0 Å². The van der Waals surface area contributed by atoms with E-state index in [0.29, 0.717) is 11.5 Å². The fraction of sp³-hybridized carbons (Fsp3) is 0.176. The zero-order chi connectivity index (χ0) is 17.1. The van der Waals surface area contributed by atoms with Crippen LogP contribution in [-0.2, 0) is 9.53 Å². The number of fused-ring (bicyclic) bond motifs is 1. The Bertz CT molecular complexity index is 792. The smallest absolute Gasteiger partial charge is 0.339 e. The fourth-order valence-corrected chi connectivity index (χ4v) is 2.12. The maximum Gasteiger partial charge on any atom is 0.339 e. The predicted octanol–water partition coefficient (Wildman–Crippen LogP) is 2.74. The molecule has 1 aliphatic rings. The number of anilines is 1. The van der Waals surface area contributed by atoms with Crippen LogP contribution in [0.15, 0.2) is 42.5 Å². The number of hydrogen-bond acceptors (Lipinski definition) is 5. The molecule has 0 spiro atoms. The van der Waals surface area contributed by atoms with Crippen LogP contribution >= 0.6 is 0 Å². The number of amides is 1. The highest BCUT2D eigenvalue weighted by atomic mass is 19.1. The molecule has 7 heteroatoms. The van der Waals surface area contributed by atoms with Crippen molar-refractivity contribution in [1.82, 2.24) is 0 Å². The Morgan fingerprint density at radius 1 is 1.17 bits per heavy atom. The van der Waals surface area contributed by atoms with Crippen molar-refractivity contribution in [3.05, 3.63) is 53.8 Å². The van der Waals surface area contributed by atoms with Gasteiger partial charge in [-0.25, -0.2) is 9.18 Å². The molecule has 24 heavy (non-hydrogen) atoms. The normalized spacial score (nSPS) is 13.2. The summed E-state index contributed by atoms with van der Waals surface area (Å²) in [6, 6.07) is 10.0. The van der Waals surface area contributed by atoms with Gasteiger partial charge in [-0.15, -0.1) is 0 Å². The topological polar surface area (TPSA) is 73.9 Å². The summed E-state index contributed by atoms with van der Waals surface area (Å²) in [5, 5.41) is 2.48. The summed E-state index contributed by atoms with van der Waals surface area (Å²) in [6.45, 7) is 1.53. The molecule has 2 aromatic rings. The van der Waals surface area contributed by atoms with E-state index in [0.717, 1.165) is 0 Å². The van der Waals surface area contributed by atoms with Crippen molar-refractivity contribution >= 4 is 17.6 Å². The van der Waals surface area contributed by atoms with Crippen molar-refractivity contribution in [2.45, 2.75) is 13.0 Å². The molecule has 0 bridgehead atoms. The molecule has 1 amide bonds. The molecule has 0 aromatic heterocycles. The largest absolute Gasteiger partial charge is 0.454 e. The van der Waals surface area contributed by atoms with Gasteiger partial charge in [-0.3, -0.25) is 4.79 Å². The van der Waals surface area contributed by atoms with Gasteiger partial charge in [0.05, 0.1) is 5.56 Å². The number of carbonyl (C=O) groups excluding carboxylic acids is 2. The minimum Gasteiger partial charge on any atom is -0.454 e. The second kappa shape index (κ2) is 6.57. The number of halogens is 1. The summed E-state index contributed by atoms with van der Waals surface area (Å²) in [5.41, 5.74) is 0.524. The molecule has 3 rings (SSSR count). The highest BCUT2D eigenvalue weighted by Crippen LogP contribution is 2.32. The van der Waals surface area contributed by atoms with Gasteiger partial charge in [0.15, 0.2) is 17.6 Å². The van der Waals surface area contributed by atoms with Crippen LogP contribution in [0.25, 0.3) is 0 Å². The van der Waals surface area contributed by atoms with Crippen molar-refractivity contribution < 1.29 is 28.2 Å². The molecule has 1 heterocycles. The van der Waals surface area contributed by atoms with Crippen LogP contribution in [0, 0.1) is 5.82 Å². The molecule has 0 aliphatic carbocycles. The Morgan fingerprint density at radius 3 is 2.75 bits per heavy atom. The average molecular weight is 331 g/mol. The Kier molecular flexibility index (Phi) is 4.33. The molecule has 6 nitrogen and oxygen atoms in total. The standard InChI is InChI=1S/C17H14FNO5/c1-10(16(20)19-13-4-2-3-12(18)8-13)24-17(21)11-5-6-14-15(7-11)23-9-22-14/h2-8,10H,9H2,1H3,(H,19,20). The van der Waals surface area contributed by atoms with Gasteiger partial charge in [-0.2, -0.15) is 0 Å². The molecular weight excluding hydrogens is 317 g/mol. The molecule has 1 unspecified atom stereocenters. The third-order valence-corrected chi connectivity index (χ3v) is 3.35. The van der Waals surface area contributed by atoms with Gasteiger partial charge in [-0.1, -0.05) is 6.07 Å². The monoisotopic (exact) mass is 331 g/mol. The van der Waals surface area contributed by atoms with Crippen molar-refractivity contribution in [3.63, 3.8) is 0 Å². The number of rotatable bonds is 4. The van der Waals surface area contributed by atoms with E-state index in [2.05, 4.69) is 5.32 Å². The quantitative estimate of drug-likeness (QED) is 0.872. The second-order valence-corrected chi connectivity index (χ2v) is 5.12. The van der Waals surface area contributed by atoms with Crippen molar-refractivity contribution in [3.8, 4) is 11.5 Å². The van der Waals surface area contributed by atoms with Gasteiger partial charge in [-0.05, 0) is 43.3 Å². The van der Waals surface area contributed by atoms with Gasteiger partial charge >= 0.3 is 5.97 Å². The van der Waals surface area contributed by atoms with Crippen LogP contribution in [-0.4, -0.2) is 24.8 Å². The summed E-state index contributed by atoms with van der Waals surface area (Å²) in [5.74, 6) is -0.715. The lowest BCUT2D eigenvalue weighted by molar-refractivity contribution is -0.123. The summed E-state index contributed by atoms with van der Waals surface area (Å²) in [4.78, 5) is 24.1. The summed E-state index contributed by atoms with van der Waals surface area (Å²) >= 11 is 0. The zero-order valence-electron chi connectivity index (χ0n) is 12.7. The molecule has 0 fully saturated rings. The maximum absolute atomic E-state index is 13.1. The zero-order valence-corrected chi connectivity index (χ0v) is 12.7. The first-order chi connectivity index (χ1) is 11.5. The highest BCUT2D eigenvalue weighted by molar-refractivity contribution is 5.97. The first-order valence-electron chi connectivity index (χ1n) is 7.20. The Hall–Kier alpha value is -3.09. The van der Waals surface area contributed by atoms with Gasteiger partial charge in [0, 0.05) is 5.69 Å². The van der Waals surface area contributed by atoms with E-state index in [1.165, 1.54) is 43.3 Å². The van der Waals surface area contributed by atoms with E-state index in [4.69, 9.17) is 14.2 Å². The molecule has 1 aliphatic heterocycles. The number of benzene rings is 2. The van der Waals surface area contributed by atoms with E-state index >= 15 is 0 Å². The van der Waals surface area contributed by atoms with E-state index < -0.39 is 23.8 Å². The van der Waals surface area contributed by atoms with Crippen molar-refractivity contribution in [2.24, 2.45) is 0 Å². The third kappa shape index (κ3) is 3.45. The lowest BCUT2D eigenvalue weighted by Gasteiger charge is -2.13. The molecule has 2 aromatic carbocycles. The maximum atomic E-state index is 13.1. The number of hydrogen-bond donors (Lipinski definition) is 1. The number of ether oxygens (including phenoxy) is 3. The van der Waals surface area contributed by atoms with Gasteiger partial charge in [0.1, 0.15) is 5.82 Å². The van der Waals surface area contributed by atoms with E-state index in [9.17, 15) is 14.0 Å². The van der Waals surface area contributed by atoms with Gasteiger partial charge in [0.2, 0.25) is 6.79 Å². The van der Waals surface area contributed by atoms with Gasteiger partial charge in [0.25, 0.3) is 5.91 Å². The third-order valence-electron chi connectivity index (χ3n) is 3.35. The summed E-state index contributed by atoms with van der Waals surface area (Å²) in [7, 11) is 0. The predicted molar refractivity (Wildman–Crippen MR) is 82.5 cm³/mol. The second-order valence-electron chi connectivity index (χ2n) is 5.12. The summed E-state index contributed by atoms with van der Waals surface area (Å²) in [6.07, 6.45) is -1.05. The number of nitrogens with one attached hydrogen (secondary N) is 1. The number of esters is 1. The molecule has 0 saturated heterocycles. The van der Waals surface area contributed by atoms with Crippen molar-refractivity contribution in [2.75, 3.05) is 12.1 Å². The molecular formula is C17H14FNO5. The van der Waals surface area contributed by atoms with E-state index in [1.807, 2.05) is 0 Å². The van der Waals surface area contributed by atoms with Gasteiger partial charge < -0.3 is 19.5 Å². The molecule has 1 atom stereocenters. The fourth-order valence-electron chi connectivity index (χ4n) is 2.12. The lowest BCUT2D eigenvalue weighted by atomic mass is 10.2. The minimum atomic E-state index is -1.05. The van der Waals surface area contributed by atoms with Crippen LogP contribution in [0.3, 0.4) is 0 Å². The minimum absolute atomic E-state index is 0.0975. The Morgan fingerprint density at radius 2 is 1.96 bits per heavy atom. The Balaban J connectivity index is 1.62. The lowest BCUT2D eigenvalue weighted by Crippen LogP contribution is -2.30. The molecule has 1 N–H and O–H groups in total. The Labute approximate surface area is 137 Å². The summed E-state index contributed by atoms with van der Waals surface area (Å²) < 4.78 is 28.6. The van der Waals surface area contributed by atoms with Crippen molar-refractivity contribution in [1.29, 1.82) is 0 Å². The molecule has 0 saturated carbocycles. The highest BCUT2D eigenvalue weighted by Gasteiger charge is 2.21.